The van der Waals surface area contributed by atoms with Gasteiger partial charge in [-0.05, 0) is 31.2 Å². The van der Waals surface area contributed by atoms with Crippen LogP contribution >= 0.6 is 0 Å². The van der Waals surface area contributed by atoms with Crippen LogP contribution < -0.4 is 5.01 Å². The molecule has 3 aromatic heterocycles. The molecule has 28 heavy (non-hydrogen) atoms. The van der Waals surface area contributed by atoms with Crippen LogP contribution in [0.4, 0.5) is 0 Å². The third kappa shape index (κ3) is 2.45. The molecule has 1 aromatic carbocycles. The molecular weight excluding hydrogens is 374 g/mol. The average molecular weight is 391 g/mol. The molecular formula is C20H17N5O2S. The van der Waals surface area contributed by atoms with E-state index in [2.05, 4.69) is 9.97 Å². The molecule has 0 unspecified atom stereocenters. The summed E-state index contributed by atoms with van der Waals surface area (Å²) in [5, 5.41) is 2.73. The summed E-state index contributed by atoms with van der Waals surface area (Å²) < 4.78 is 29.5. The van der Waals surface area contributed by atoms with E-state index >= 15 is 0 Å². The van der Waals surface area contributed by atoms with Crippen molar-refractivity contribution in [2.24, 2.45) is 0 Å². The Kier molecular flexibility index (Phi) is 3.63. The van der Waals surface area contributed by atoms with Crippen LogP contribution in [-0.4, -0.2) is 33.6 Å². The molecule has 0 atom stereocenters. The summed E-state index contributed by atoms with van der Waals surface area (Å²) in [5.74, 6) is 0. The summed E-state index contributed by atoms with van der Waals surface area (Å²) in [6, 6.07) is 8.58. The van der Waals surface area contributed by atoms with E-state index in [1.54, 1.807) is 49.1 Å². The minimum absolute atomic E-state index is 0.232. The first-order valence-corrected chi connectivity index (χ1v) is 10.3. The molecule has 0 N–H and O–H groups in total. The van der Waals surface area contributed by atoms with Crippen LogP contribution in [0, 0.1) is 6.92 Å². The van der Waals surface area contributed by atoms with E-state index < -0.39 is 10.0 Å². The first-order chi connectivity index (χ1) is 13.6. The van der Waals surface area contributed by atoms with Crippen LogP contribution in [0.2, 0.25) is 0 Å². The fourth-order valence-electron chi connectivity index (χ4n) is 3.38. The lowest BCUT2D eigenvalue weighted by molar-refractivity contribution is 0.589. The van der Waals surface area contributed by atoms with Gasteiger partial charge in [0.05, 0.1) is 17.6 Å². The van der Waals surface area contributed by atoms with Gasteiger partial charge >= 0.3 is 0 Å². The molecule has 4 heterocycles. The Hall–Kier alpha value is -3.39. The Balaban J connectivity index is 1.71. The summed E-state index contributed by atoms with van der Waals surface area (Å²) in [4.78, 5) is 9.05. The number of fused-ring (bicyclic) bond motifs is 3. The number of allylic oxidation sites excluding steroid dienone is 2. The maximum Gasteiger partial charge on any atom is 0.269 e. The number of benzene rings is 1. The van der Waals surface area contributed by atoms with Crippen LogP contribution in [0.15, 0.2) is 78.4 Å². The highest BCUT2D eigenvalue weighted by molar-refractivity contribution is 7.90. The Labute approximate surface area is 161 Å². The molecule has 1 aliphatic rings. The second-order valence-corrected chi connectivity index (χ2v) is 8.45. The Morgan fingerprint density at radius 2 is 1.86 bits per heavy atom. The Morgan fingerprint density at radius 3 is 2.61 bits per heavy atom. The zero-order valence-electron chi connectivity index (χ0n) is 15.1. The van der Waals surface area contributed by atoms with Gasteiger partial charge in [0.25, 0.3) is 10.0 Å². The quantitative estimate of drug-likeness (QED) is 0.537. The van der Waals surface area contributed by atoms with Gasteiger partial charge in [0, 0.05) is 17.8 Å². The maximum atomic E-state index is 13.2. The Morgan fingerprint density at radius 1 is 1.04 bits per heavy atom. The van der Waals surface area contributed by atoms with Crippen molar-refractivity contribution in [1.29, 1.82) is 0 Å². The molecule has 0 fully saturated rings. The highest BCUT2D eigenvalue weighted by atomic mass is 32.2. The molecule has 0 radical (unpaired) electrons. The van der Waals surface area contributed by atoms with Gasteiger partial charge in [-0.15, -0.1) is 0 Å². The fraction of sp³-hybridized carbons (Fsp3) is 0.100. The van der Waals surface area contributed by atoms with E-state index in [9.17, 15) is 8.42 Å². The SMILES string of the molecule is Cc1ccc(S(=O)(=O)n2ccc3c4c(cnc32)ncn4N2C=CC=CC2)cc1. The number of rotatable bonds is 3. The fourth-order valence-corrected chi connectivity index (χ4v) is 4.68. The van der Waals surface area contributed by atoms with Crippen LogP contribution in [0.1, 0.15) is 5.56 Å². The number of nitrogens with zero attached hydrogens (tertiary/aromatic N) is 5. The van der Waals surface area contributed by atoms with Crippen molar-refractivity contribution in [2.45, 2.75) is 11.8 Å². The number of pyridine rings is 1. The smallest absolute Gasteiger partial charge is 0.269 e. The van der Waals surface area contributed by atoms with Gasteiger partial charge in [-0.2, -0.15) is 0 Å². The van der Waals surface area contributed by atoms with E-state index in [0.29, 0.717) is 17.7 Å². The number of hydrogen-bond donors (Lipinski definition) is 0. The molecule has 0 saturated carbocycles. The Bertz CT molecular complexity index is 1360. The summed E-state index contributed by atoms with van der Waals surface area (Å²) in [7, 11) is -3.74. The zero-order valence-corrected chi connectivity index (χ0v) is 15.9. The van der Waals surface area contributed by atoms with Crippen LogP contribution in [0.3, 0.4) is 0 Å². The summed E-state index contributed by atoms with van der Waals surface area (Å²) in [5.41, 5.74) is 2.92. The van der Waals surface area contributed by atoms with Crippen LogP contribution in [0.5, 0.6) is 0 Å². The first kappa shape index (κ1) is 16.8. The molecule has 0 aliphatic carbocycles. The third-order valence-corrected chi connectivity index (χ3v) is 6.50. The standard InChI is InChI=1S/C20H17N5O2S/c1-15-5-7-16(8-6-15)28(26,27)25-12-9-17-19-18(13-21-20(17)25)22-14-24(19)23-10-3-2-4-11-23/h2-10,12-14H,11H2,1H3. The summed E-state index contributed by atoms with van der Waals surface area (Å²) >= 11 is 0. The lowest BCUT2D eigenvalue weighted by atomic mass is 10.2. The van der Waals surface area contributed by atoms with Crippen molar-refractivity contribution >= 4 is 32.1 Å². The van der Waals surface area contributed by atoms with Gasteiger partial charge in [-0.1, -0.05) is 29.8 Å². The van der Waals surface area contributed by atoms with E-state index in [4.69, 9.17) is 0 Å². The van der Waals surface area contributed by atoms with Gasteiger partial charge < -0.3 is 0 Å². The lowest BCUT2D eigenvalue weighted by Gasteiger charge is -2.22. The van der Waals surface area contributed by atoms with E-state index in [1.165, 1.54) is 3.97 Å². The van der Waals surface area contributed by atoms with Crippen molar-refractivity contribution in [2.75, 3.05) is 11.6 Å². The number of imidazole rings is 1. The van der Waals surface area contributed by atoms with Crippen molar-refractivity contribution in [3.63, 3.8) is 0 Å². The average Bonchev–Trinajstić information content (AvgIpc) is 3.33. The minimum atomic E-state index is -3.74. The summed E-state index contributed by atoms with van der Waals surface area (Å²) in [6.07, 6.45) is 12.8. The molecule has 0 amide bonds. The molecule has 0 spiro atoms. The molecule has 8 heteroatoms. The van der Waals surface area contributed by atoms with Crippen molar-refractivity contribution < 1.29 is 8.42 Å². The van der Waals surface area contributed by atoms with Crippen molar-refractivity contribution in [3.8, 4) is 0 Å². The number of aromatic nitrogens is 4. The normalized spacial score (nSPS) is 14.4. The van der Waals surface area contributed by atoms with Crippen molar-refractivity contribution in [1.82, 2.24) is 18.6 Å². The molecule has 140 valence electrons. The lowest BCUT2D eigenvalue weighted by Crippen LogP contribution is -2.29. The van der Waals surface area contributed by atoms with Gasteiger partial charge in [0.15, 0.2) is 5.65 Å². The zero-order chi connectivity index (χ0) is 19.3. The monoisotopic (exact) mass is 391 g/mol. The van der Waals surface area contributed by atoms with Gasteiger partial charge in [-0.3, -0.25) is 5.01 Å². The van der Waals surface area contributed by atoms with Crippen molar-refractivity contribution in [3.05, 3.63) is 79.0 Å². The van der Waals surface area contributed by atoms with E-state index in [-0.39, 0.29) is 4.90 Å². The predicted octanol–water partition coefficient (Wildman–Crippen LogP) is 2.95. The number of hydrogen-bond acceptors (Lipinski definition) is 5. The molecule has 0 bridgehead atoms. The van der Waals surface area contributed by atoms with Gasteiger partial charge in [-0.25, -0.2) is 27.0 Å². The molecule has 5 rings (SSSR count). The minimum Gasteiger partial charge on any atom is -0.283 e. The topological polar surface area (TPSA) is 73.0 Å². The highest BCUT2D eigenvalue weighted by Crippen LogP contribution is 2.27. The largest absolute Gasteiger partial charge is 0.283 e. The highest BCUT2D eigenvalue weighted by Gasteiger charge is 2.22. The van der Waals surface area contributed by atoms with E-state index in [0.717, 1.165) is 16.5 Å². The molecule has 7 nitrogen and oxygen atoms in total. The summed E-state index contributed by atoms with van der Waals surface area (Å²) in [6.45, 7) is 2.62. The van der Waals surface area contributed by atoms with Crippen LogP contribution in [0.25, 0.3) is 22.1 Å². The molecule has 1 aliphatic heterocycles. The second-order valence-electron chi connectivity index (χ2n) is 6.64. The molecule has 0 saturated heterocycles. The van der Waals surface area contributed by atoms with E-state index in [1.807, 2.05) is 41.0 Å². The predicted molar refractivity (Wildman–Crippen MR) is 108 cm³/mol. The third-order valence-electron chi connectivity index (χ3n) is 4.82. The van der Waals surface area contributed by atoms with Gasteiger partial charge in [0.1, 0.15) is 17.4 Å². The second kappa shape index (κ2) is 6.07. The van der Waals surface area contributed by atoms with Crippen LogP contribution in [-0.2, 0) is 10.0 Å². The first-order valence-electron chi connectivity index (χ1n) is 8.81. The maximum absolute atomic E-state index is 13.2. The number of aryl methyl sites for hydroxylation is 1. The van der Waals surface area contributed by atoms with Gasteiger partial charge in [0.2, 0.25) is 0 Å². The molecule has 4 aromatic rings.